The van der Waals surface area contributed by atoms with Crippen molar-refractivity contribution < 1.29 is 9.53 Å². The van der Waals surface area contributed by atoms with Crippen LogP contribution < -0.4 is 15.0 Å². The minimum absolute atomic E-state index is 0.00581. The van der Waals surface area contributed by atoms with E-state index in [1.165, 1.54) is 16.8 Å². The Morgan fingerprint density at radius 3 is 2.52 bits per heavy atom. The fraction of sp³-hybridized carbons (Fsp3) is 0.269. The highest BCUT2D eigenvalue weighted by atomic mass is 16.6. The van der Waals surface area contributed by atoms with Gasteiger partial charge in [-0.2, -0.15) is 0 Å². The van der Waals surface area contributed by atoms with Gasteiger partial charge in [-0.25, -0.2) is 4.79 Å². The average Bonchev–Trinajstić information content (AvgIpc) is 3.21. The second-order valence-electron chi connectivity index (χ2n) is 8.69. The minimum atomic E-state index is -0.476. The van der Waals surface area contributed by atoms with Crippen LogP contribution in [0.3, 0.4) is 0 Å². The van der Waals surface area contributed by atoms with Crippen molar-refractivity contribution in [2.75, 3.05) is 23.8 Å². The molecule has 3 aromatic carbocycles. The SMILES string of the molecule is CN1CC[C@@]2(C)c3cc(OC(=O)Nc4ccccc4)ccc3N(Cc3ccccc3)[C@@H]12. The quantitative estimate of drug-likeness (QED) is 0.636. The molecule has 1 saturated heterocycles. The molecule has 0 unspecified atom stereocenters. The fourth-order valence-electron chi connectivity index (χ4n) is 5.14. The predicted octanol–water partition coefficient (Wildman–Crippen LogP) is 5.24. The summed E-state index contributed by atoms with van der Waals surface area (Å²) in [7, 11) is 2.20. The molecule has 1 N–H and O–H groups in total. The Hall–Kier alpha value is -3.31. The third-order valence-corrected chi connectivity index (χ3v) is 6.59. The van der Waals surface area contributed by atoms with E-state index in [9.17, 15) is 4.79 Å². The maximum atomic E-state index is 12.4. The molecule has 0 bridgehead atoms. The number of carbonyl (C=O) groups is 1. The molecule has 5 nitrogen and oxygen atoms in total. The summed E-state index contributed by atoms with van der Waals surface area (Å²) in [6, 6.07) is 26.0. The number of hydrogen-bond donors (Lipinski definition) is 1. The van der Waals surface area contributed by atoms with E-state index in [1.54, 1.807) is 0 Å². The van der Waals surface area contributed by atoms with Crippen LogP contribution in [0.5, 0.6) is 5.75 Å². The van der Waals surface area contributed by atoms with E-state index in [0.717, 1.165) is 19.5 Å². The fourth-order valence-corrected chi connectivity index (χ4v) is 5.14. The van der Waals surface area contributed by atoms with Crippen molar-refractivity contribution in [1.82, 2.24) is 4.90 Å². The Labute approximate surface area is 183 Å². The van der Waals surface area contributed by atoms with Crippen LogP contribution in [0.4, 0.5) is 16.2 Å². The number of nitrogens with one attached hydrogen (secondary N) is 1. The second kappa shape index (κ2) is 7.75. The first kappa shape index (κ1) is 19.6. The van der Waals surface area contributed by atoms with Gasteiger partial charge in [-0.3, -0.25) is 10.2 Å². The zero-order chi connectivity index (χ0) is 21.4. The maximum Gasteiger partial charge on any atom is 0.417 e. The number of carbonyl (C=O) groups excluding carboxylic acids is 1. The molecule has 2 aliphatic rings. The van der Waals surface area contributed by atoms with E-state index < -0.39 is 6.09 Å². The number of fused-ring (bicyclic) bond motifs is 3. The number of nitrogens with zero attached hydrogens (tertiary/aromatic N) is 2. The summed E-state index contributed by atoms with van der Waals surface area (Å²) >= 11 is 0. The van der Waals surface area contributed by atoms with Gasteiger partial charge in [0.05, 0.1) is 6.17 Å². The van der Waals surface area contributed by atoms with Crippen LogP contribution in [-0.2, 0) is 12.0 Å². The average molecular weight is 414 g/mol. The van der Waals surface area contributed by atoms with Crippen LogP contribution in [0.25, 0.3) is 0 Å². The minimum Gasteiger partial charge on any atom is -0.410 e. The molecule has 1 amide bonds. The number of para-hydroxylation sites is 1. The van der Waals surface area contributed by atoms with Crippen molar-refractivity contribution in [2.24, 2.45) is 0 Å². The number of hydrogen-bond acceptors (Lipinski definition) is 4. The number of amides is 1. The van der Waals surface area contributed by atoms with Crippen molar-refractivity contribution in [1.29, 1.82) is 0 Å². The molecule has 158 valence electrons. The molecule has 0 saturated carbocycles. The number of rotatable bonds is 4. The number of benzene rings is 3. The molecular weight excluding hydrogens is 386 g/mol. The Morgan fingerprint density at radius 2 is 1.77 bits per heavy atom. The van der Waals surface area contributed by atoms with Gasteiger partial charge < -0.3 is 9.64 Å². The molecule has 2 aliphatic heterocycles. The van der Waals surface area contributed by atoms with Crippen molar-refractivity contribution >= 4 is 17.5 Å². The van der Waals surface area contributed by atoms with Gasteiger partial charge in [0.1, 0.15) is 5.75 Å². The number of likely N-dealkylation sites (N-methyl/N-ethyl adjacent to an activating group) is 1. The molecule has 0 aromatic heterocycles. The smallest absolute Gasteiger partial charge is 0.410 e. The molecule has 5 rings (SSSR count). The molecule has 2 heterocycles. The molecule has 0 radical (unpaired) electrons. The number of anilines is 2. The van der Waals surface area contributed by atoms with E-state index in [4.69, 9.17) is 4.74 Å². The number of ether oxygens (including phenoxy) is 1. The zero-order valence-corrected chi connectivity index (χ0v) is 17.9. The third kappa shape index (κ3) is 3.55. The molecule has 31 heavy (non-hydrogen) atoms. The van der Waals surface area contributed by atoms with Crippen molar-refractivity contribution in [3.63, 3.8) is 0 Å². The maximum absolute atomic E-state index is 12.4. The van der Waals surface area contributed by atoms with Gasteiger partial charge in [0.2, 0.25) is 0 Å². The standard InChI is InChI=1S/C26H27N3O2/c1-26-15-16-28(2)24(26)29(18-19-9-5-3-6-10-19)23-14-13-21(17-22(23)26)31-25(30)27-20-11-7-4-8-12-20/h3-14,17,24H,15-16,18H2,1-2H3,(H,27,30)/t24-,26+/m1/s1. The molecule has 3 aromatic rings. The van der Waals surface area contributed by atoms with Gasteiger partial charge in [-0.15, -0.1) is 0 Å². The van der Waals surface area contributed by atoms with Gasteiger partial charge in [0, 0.05) is 29.9 Å². The van der Waals surface area contributed by atoms with Crippen molar-refractivity contribution in [3.05, 3.63) is 90.0 Å². The summed E-state index contributed by atoms with van der Waals surface area (Å²) in [5.41, 5.74) is 4.47. The van der Waals surface area contributed by atoms with Crippen LogP contribution in [0.2, 0.25) is 0 Å². The molecule has 2 atom stereocenters. The Morgan fingerprint density at radius 1 is 1.06 bits per heavy atom. The van der Waals surface area contributed by atoms with Crippen LogP contribution in [0.1, 0.15) is 24.5 Å². The topological polar surface area (TPSA) is 44.8 Å². The van der Waals surface area contributed by atoms with E-state index in [2.05, 4.69) is 71.6 Å². The van der Waals surface area contributed by atoms with Gasteiger partial charge in [-0.1, -0.05) is 55.5 Å². The van der Waals surface area contributed by atoms with E-state index in [1.807, 2.05) is 36.4 Å². The Balaban J connectivity index is 1.43. The highest BCUT2D eigenvalue weighted by Crippen LogP contribution is 2.52. The van der Waals surface area contributed by atoms with E-state index in [0.29, 0.717) is 11.4 Å². The molecule has 0 spiro atoms. The van der Waals surface area contributed by atoms with Crippen LogP contribution in [0, 0.1) is 0 Å². The normalized spacial score (nSPS) is 22.1. The zero-order valence-electron chi connectivity index (χ0n) is 17.9. The summed E-state index contributed by atoms with van der Waals surface area (Å²) in [5.74, 6) is 0.572. The lowest BCUT2D eigenvalue weighted by molar-refractivity contribution is 0.215. The Kier molecular flexibility index (Phi) is 4.91. The summed E-state index contributed by atoms with van der Waals surface area (Å²) in [5, 5.41) is 2.78. The van der Waals surface area contributed by atoms with Gasteiger partial charge in [-0.05, 0) is 54.9 Å². The van der Waals surface area contributed by atoms with Gasteiger partial charge in [0.25, 0.3) is 0 Å². The highest BCUT2D eigenvalue weighted by Gasteiger charge is 2.53. The highest BCUT2D eigenvalue weighted by molar-refractivity contribution is 5.86. The Bertz CT molecular complexity index is 1090. The van der Waals surface area contributed by atoms with Crippen LogP contribution in [-0.4, -0.2) is 30.8 Å². The van der Waals surface area contributed by atoms with E-state index in [-0.39, 0.29) is 11.6 Å². The predicted molar refractivity (Wildman–Crippen MR) is 124 cm³/mol. The van der Waals surface area contributed by atoms with Crippen molar-refractivity contribution in [3.8, 4) is 5.75 Å². The number of likely N-dealkylation sites (tertiary alicyclic amines) is 1. The summed E-state index contributed by atoms with van der Waals surface area (Å²) < 4.78 is 5.64. The molecular formula is C26H27N3O2. The first-order valence-electron chi connectivity index (χ1n) is 10.7. The first-order chi connectivity index (χ1) is 15.0. The summed E-state index contributed by atoms with van der Waals surface area (Å²) in [6.45, 7) is 4.23. The molecule has 5 heteroatoms. The second-order valence-corrected chi connectivity index (χ2v) is 8.69. The van der Waals surface area contributed by atoms with E-state index >= 15 is 0 Å². The third-order valence-electron chi connectivity index (χ3n) is 6.59. The summed E-state index contributed by atoms with van der Waals surface area (Å²) in [4.78, 5) is 17.3. The lowest BCUT2D eigenvalue weighted by Gasteiger charge is -2.35. The van der Waals surface area contributed by atoms with Crippen LogP contribution >= 0.6 is 0 Å². The first-order valence-corrected chi connectivity index (χ1v) is 10.7. The molecule has 0 aliphatic carbocycles. The van der Waals surface area contributed by atoms with Crippen LogP contribution in [0.15, 0.2) is 78.9 Å². The lowest BCUT2D eigenvalue weighted by Crippen LogP contribution is -2.46. The summed E-state index contributed by atoms with van der Waals surface area (Å²) in [6.07, 6.45) is 0.887. The van der Waals surface area contributed by atoms with Gasteiger partial charge >= 0.3 is 6.09 Å². The van der Waals surface area contributed by atoms with Crippen molar-refractivity contribution in [2.45, 2.75) is 31.5 Å². The molecule has 1 fully saturated rings. The lowest BCUT2D eigenvalue weighted by atomic mass is 9.81. The monoisotopic (exact) mass is 413 g/mol. The van der Waals surface area contributed by atoms with Gasteiger partial charge in [0.15, 0.2) is 0 Å². The largest absolute Gasteiger partial charge is 0.417 e.